The molecule has 0 spiro atoms. The monoisotopic (exact) mass is 336 g/mol. The van der Waals surface area contributed by atoms with E-state index in [1.54, 1.807) is 0 Å². The third-order valence-electron chi connectivity index (χ3n) is 4.55. The smallest absolute Gasteiger partial charge is 0.407 e. The normalized spacial score (nSPS) is 23.0. The minimum absolute atomic E-state index is 0.0356. The van der Waals surface area contributed by atoms with Crippen LogP contribution in [0.15, 0.2) is 4.52 Å². The number of anilines is 1. The zero-order valence-corrected chi connectivity index (χ0v) is 15.0. The number of piperidine rings is 1. The van der Waals surface area contributed by atoms with E-state index in [1.165, 1.54) is 12.8 Å². The van der Waals surface area contributed by atoms with E-state index >= 15 is 0 Å². The fourth-order valence-corrected chi connectivity index (χ4v) is 3.07. The van der Waals surface area contributed by atoms with E-state index in [2.05, 4.69) is 20.4 Å². The summed E-state index contributed by atoms with van der Waals surface area (Å²) < 4.78 is 10.8. The number of amides is 1. The van der Waals surface area contributed by atoms with Crippen molar-refractivity contribution >= 4 is 12.1 Å². The summed E-state index contributed by atoms with van der Waals surface area (Å²) in [6.07, 6.45) is 4.08. The first-order chi connectivity index (χ1) is 11.3. The number of hydrogen-bond acceptors (Lipinski definition) is 6. The highest BCUT2D eigenvalue weighted by Gasteiger charge is 2.32. The fourth-order valence-electron chi connectivity index (χ4n) is 3.07. The number of carbonyl (C=O) groups is 1. The van der Waals surface area contributed by atoms with Crippen LogP contribution in [-0.4, -0.2) is 41.0 Å². The van der Waals surface area contributed by atoms with Gasteiger partial charge < -0.3 is 19.5 Å². The molecule has 1 aromatic heterocycles. The van der Waals surface area contributed by atoms with Gasteiger partial charge in [-0.2, -0.15) is 4.98 Å². The Morgan fingerprint density at radius 2 is 2.12 bits per heavy atom. The highest BCUT2D eigenvalue weighted by Crippen LogP contribution is 2.39. The summed E-state index contributed by atoms with van der Waals surface area (Å²) in [5, 5.41) is 7.05. The summed E-state index contributed by atoms with van der Waals surface area (Å²) >= 11 is 0. The Bertz CT molecular complexity index is 577. The Morgan fingerprint density at radius 3 is 2.79 bits per heavy atom. The summed E-state index contributed by atoms with van der Waals surface area (Å²) in [6, 6.07) is 0.652. The third-order valence-corrected chi connectivity index (χ3v) is 4.55. The maximum atomic E-state index is 12.0. The van der Waals surface area contributed by atoms with Gasteiger partial charge in [0.05, 0.1) is 0 Å². The molecule has 1 amide bonds. The molecule has 1 saturated heterocycles. The van der Waals surface area contributed by atoms with Gasteiger partial charge in [0.1, 0.15) is 5.60 Å². The topological polar surface area (TPSA) is 80.5 Å². The second kappa shape index (κ2) is 6.61. The van der Waals surface area contributed by atoms with Crippen LogP contribution in [0.4, 0.5) is 10.8 Å². The molecule has 2 aliphatic rings. The van der Waals surface area contributed by atoms with Crippen molar-refractivity contribution in [2.45, 2.75) is 70.9 Å². The summed E-state index contributed by atoms with van der Waals surface area (Å²) in [4.78, 5) is 18.6. The largest absolute Gasteiger partial charge is 0.444 e. The third kappa shape index (κ3) is 4.39. The van der Waals surface area contributed by atoms with Gasteiger partial charge in [-0.25, -0.2) is 4.79 Å². The number of nitrogens with one attached hydrogen (secondary N) is 1. The Hall–Kier alpha value is -1.79. The first-order valence-electron chi connectivity index (χ1n) is 8.90. The van der Waals surface area contributed by atoms with Crippen LogP contribution in [0.5, 0.6) is 0 Å². The number of hydrogen-bond donors (Lipinski definition) is 1. The molecule has 1 saturated carbocycles. The summed E-state index contributed by atoms with van der Waals surface area (Å²) in [5.74, 6) is 1.67. The number of aromatic nitrogens is 2. The first-order valence-corrected chi connectivity index (χ1v) is 8.90. The molecule has 2 fully saturated rings. The van der Waals surface area contributed by atoms with Crippen LogP contribution in [0.3, 0.4) is 0 Å². The Kier molecular flexibility index (Phi) is 4.69. The average molecular weight is 336 g/mol. The van der Waals surface area contributed by atoms with Crippen molar-refractivity contribution in [2.24, 2.45) is 5.92 Å². The van der Waals surface area contributed by atoms with E-state index in [9.17, 15) is 4.79 Å². The van der Waals surface area contributed by atoms with Crippen molar-refractivity contribution in [3.05, 3.63) is 5.82 Å². The van der Waals surface area contributed by atoms with E-state index < -0.39 is 5.60 Å². The van der Waals surface area contributed by atoms with Crippen molar-refractivity contribution in [1.82, 2.24) is 15.5 Å². The predicted molar refractivity (Wildman–Crippen MR) is 90.0 cm³/mol. The van der Waals surface area contributed by atoms with Crippen LogP contribution in [0.2, 0.25) is 0 Å². The maximum absolute atomic E-state index is 12.0. The van der Waals surface area contributed by atoms with Gasteiger partial charge in [-0.05, 0) is 59.3 Å². The van der Waals surface area contributed by atoms with E-state index in [0.29, 0.717) is 17.9 Å². The minimum atomic E-state index is -0.481. The molecule has 1 N–H and O–H groups in total. The molecule has 2 atom stereocenters. The van der Waals surface area contributed by atoms with Gasteiger partial charge in [-0.15, -0.1) is 0 Å². The van der Waals surface area contributed by atoms with Crippen molar-refractivity contribution in [1.29, 1.82) is 0 Å². The molecule has 7 heteroatoms. The zero-order chi connectivity index (χ0) is 17.3. The molecular formula is C17H28N4O3. The molecule has 0 radical (unpaired) electrons. The van der Waals surface area contributed by atoms with Gasteiger partial charge in [-0.3, -0.25) is 0 Å². The van der Waals surface area contributed by atoms with Crippen molar-refractivity contribution in [3.8, 4) is 0 Å². The maximum Gasteiger partial charge on any atom is 0.407 e. The quantitative estimate of drug-likeness (QED) is 0.910. The lowest BCUT2D eigenvalue weighted by molar-refractivity contribution is 0.0488. The van der Waals surface area contributed by atoms with Crippen LogP contribution in [0.25, 0.3) is 0 Å². The lowest BCUT2D eigenvalue weighted by atomic mass is 9.92. The molecule has 0 aromatic carbocycles. The second-order valence-electron chi connectivity index (χ2n) is 7.99. The molecule has 1 aliphatic carbocycles. The summed E-state index contributed by atoms with van der Waals surface area (Å²) in [7, 11) is 0. The van der Waals surface area contributed by atoms with Gasteiger partial charge in [-0.1, -0.05) is 5.16 Å². The molecule has 2 heterocycles. The number of nitrogens with zero attached hydrogens (tertiary/aromatic N) is 3. The molecule has 0 bridgehead atoms. The zero-order valence-electron chi connectivity index (χ0n) is 15.0. The van der Waals surface area contributed by atoms with E-state index in [-0.39, 0.29) is 12.1 Å². The number of ether oxygens (including phenoxy) is 1. The van der Waals surface area contributed by atoms with E-state index in [4.69, 9.17) is 9.26 Å². The van der Waals surface area contributed by atoms with Crippen molar-refractivity contribution in [2.75, 3.05) is 18.0 Å². The summed E-state index contributed by atoms with van der Waals surface area (Å²) in [5.41, 5.74) is -0.481. The van der Waals surface area contributed by atoms with Crippen LogP contribution in [-0.2, 0) is 4.74 Å². The van der Waals surface area contributed by atoms with Crippen LogP contribution in [0, 0.1) is 5.92 Å². The van der Waals surface area contributed by atoms with Crippen LogP contribution in [0.1, 0.15) is 65.1 Å². The predicted octanol–water partition coefficient (Wildman–Crippen LogP) is 3.08. The molecule has 24 heavy (non-hydrogen) atoms. The molecule has 134 valence electrons. The minimum Gasteiger partial charge on any atom is -0.444 e. The molecular weight excluding hydrogens is 308 g/mol. The second-order valence-corrected chi connectivity index (χ2v) is 7.99. The first kappa shape index (κ1) is 17.0. The van der Waals surface area contributed by atoms with Gasteiger partial charge in [0.2, 0.25) is 0 Å². The SMILES string of the molecule is C[C@@H](NC(=O)OC(C)(C)C)[C@H]1CCCN(c2nc(C3CC3)no2)C1. The highest BCUT2D eigenvalue weighted by molar-refractivity contribution is 5.68. The lowest BCUT2D eigenvalue weighted by Gasteiger charge is -2.35. The average Bonchev–Trinajstić information content (AvgIpc) is 3.23. The van der Waals surface area contributed by atoms with Crippen molar-refractivity contribution in [3.63, 3.8) is 0 Å². The molecule has 1 aliphatic heterocycles. The van der Waals surface area contributed by atoms with E-state index in [1.807, 2.05) is 27.7 Å². The van der Waals surface area contributed by atoms with Gasteiger partial charge in [0.15, 0.2) is 5.82 Å². The fraction of sp³-hybridized carbons (Fsp3) is 0.824. The van der Waals surface area contributed by atoms with Gasteiger partial charge >= 0.3 is 12.1 Å². The Labute approximate surface area is 143 Å². The highest BCUT2D eigenvalue weighted by atomic mass is 16.6. The number of carbonyl (C=O) groups excluding carboxylic acids is 1. The standard InChI is InChI=1S/C17H28N4O3/c1-11(18-16(22)23-17(2,3)4)13-6-5-9-21(10-13)15-19-14(20-24-15)12-7-8-12/h11-13H,5-10H2,1-4H3,(H,18,22)/t11-,13+/m1/s1. The molecule has 1 aromatic rings. The summed E-state index contributed by atoms with van der Waals surface area (Å²) in [6.45, 7) is 9.36. The molecule has 0 unspecified atom stereocenters. The van der Waals surface area contributed by atoms with E-state index in [0.717, 1.165) is 31.8 Å². The van der Waals surface area contributed by atoms with Crippen molar-refractivity contribution < 1.29 is 14.1 Å². The Morgan fingerprint density at radius 1 is 1.38 bits per heavy atom. The molecule has 3 rings (SSSR count). The Balaban J connectivity index is 1.55. The molecule has 7 nitrogen and oxygen atoms in total. The lowest BCUT2D eigenvalue weighted by Crippen LogP contribution is -2.47. The number of alkyl carbamates (subject to hydrolysis) is 1. The van der Waals surface area contributed by atoms with Crippen LogP contribution < -0.4 is 10.2 Å². The van der Waals surface area contributed by atoms with Gasteiger partial charge in [0, 0.05) is 25.0 Å². The van der Waals surface area contributed by atoms with Gasteiger partial charge in [0.25, 0.3) is 0 Å². The number of rotatable bonds is 4. The van der Waals surface area contributed by atoms with Crippen LogP contribution >= 0.6 is 0 Å².